The topological polar surface area (TPSA) is 12.5 Å². The van der Waals surface area contributed by atoms with Gasteiger partial charge in [0, 0.05) is 11.6 Å². The third kappa shape index (κ3) is 3.62. The van der Waals surface area contributed by atoms with Crippen molar-refractivity contribution in [3.63, 3.8) is 0 Å². The molecule has 0 radical (unpaired) electrons. The first-order chi connectivity index (χ1) is 12.3. The van der Waals surface area contributed by atoms with Gasteiger partial charge in [-0.3, -0.25) is 4.90 Å². The summed E-state index contributed by atoms with van der Waals surface area (Å²) in [5.74, 6) is 1.42. The molecule has 2 fully saturated rings. The number of benzene rings is 2. The molecule has 2 nitrogen and oxygen atoms in total. The van der Waals surface area contributed by atoms with E-state index in [4.69, 9.17) is 4.74 Å². The van der Waals surface area contributed by atoms with Crippen LogP contribution in [0, 0.1) is 5.82 Å². The van der Waals surface area contributed by atoms with E-state index in [1.165, 1.54) is 56.5 Å². The molecule has 1 aliphatic heterocycles. The Balaban J connectivity index is 1.73. The molecule has 0 spiro atoms. The third-order valence-corrected chi connectivity index (χ3v) is 5.27. The van der Waals surface area contributed by atoms with Crippen LogP contribution in [0.25, 0.3) is 5.76 Å². The van der Waals surface area contributed by atoms with Crippen LogP contribution in [0.5, 0.6) is 5.75 Å². The number of rotatable bonds is 4. The molecular weight excluding hydrogens is 313 g/mol. The molecule has 3 heteroatoms. The van der Waals surface area contributed by atoms with Gasteiger partial charge in [-0.1, -0.05) is 36.8 Å². The van der Waals surface area contributed by atoms with Crippen molar-refractivity contribution in [2.45, 2.75) is 38.1 Å². The van der Waals surface area contributed by atoms with E-state index in [1.54, 1.807) is 12.1 Å². The van der Waals surface area contributed by atoms with Crippen molar-refractivity contribution >= 4 is 5.76 Å². The van der Waals surface area contributed by atoms with Gasteiger partial charge in [-0.05, 0) is 68.6 Å². The van der Waals surface area contributed by atoms with Gasteiger partial charge in [0.2, 0.25) is 0 Å². The van der Waals surface area contributed by atoms with Gasteiger partial charge in [-0.2, -0.15) is 0 Å². The summed E-state index contributed by atoms with van der Waals surface area (Å²) in [6.45, 7) is 2.37. The molecule has 2 aliphatic rings. The molecule has 2 aromatic rings. The molecule has 25 heavy (non-hydrogen) atoms. The Morgan fingerprint density at radius 3 is 2.36 bits per heavy atom. The zero-order valence-electron chi connectivity index (χ0n) is 14.5. The van der Waals surface area contributed by atoms with E-state index in [0.29, 0.717) is 11.8 Å². The standard InChI is InChI=1S/C22H24FNO/c23-18-11-13-19(14-12-18)25-22(17-7-2-1-3-8-17)20-9-4-5-10-21(20)24-15-6-16-24/h1-3,7-8,11-14,21H,4-6,9-10,15-16H2/b22-20+. The Hall–Kier alpha value is -2.13. The van der Waals surface area contributed by atoms with Gasteiger partial charge in [-0.15, -0.1) is 0 Å². The number of likely N-dealkylation sites (tertiary alicyclic amines) is 1. The van der Waals surface area contributed by atoms with Crippen molar-refractivity contribution in [2.75, 3.05) is 13.1 Å². The van der Waals surface area contributed by atoms with Crippen molar-refractivity contribution in [3.05, 3.63) is 71.6 Å². The molecule has 0 bridgehead atoms. The first kappa shape index (κ1) is 16.3. The molecule has 1 unspecified atom stereocenters. The van der Waals surface area contributed by atoms with Crippen molar-refractivity contribution in [3.8, 4) is 5.75 Å². The van der Waals surface area contributed by atoms with Gasteiger partial charge in [0.05, 0.1) is 0 Å². The largest absolute Gasteiger partial charge is 0.457 e. The first-order valence-electron chi connectivity index (χ1n) is 9.27. The summed E-state index contributed by atoms with van der Waals surface area (Å²) in [4.78, 5) is 2.57. The normalized spacial score (nSPS) is 23.0. The monoisotopic (exact) mass is 337 g/mol. The molecule has 2 aromatic carbocycles. The molecule has 1 aliphatic carbocycles. The maximum atomic E-state index is 13.2. The predicted molar refractivity (Wildman–Crippen MR) is 98.8 cm³/mol. The van der Waals surface area contributed by atoms with E-state index in [-0.39, 0.29) is 5.82 Å². The summed E-state index contributed by atoms with van der Waals surface area (Å²) in [5.41, 5.74) is 2.51. The highest BCUT2D eigenvalue weighted by Crippen LogP contribution is 2.36. The fourth-order valence-electron chi connectivity index (χ4n) is 3.83. The second kappa shape index (κ2) is 7.40. The van der Waals surface area contributed by atoms with Gasteiger partial charge in [-0.25, -0.2) is 4.39 Å². The minimum atomic E-state index is -0.239. The van der Waals surface area contributed by atoms with E-state index in [1.807, 2.05) is 18.2 Å². The smallest absolute Gasteiger partial charge is 0.135 e. The summed E-state index contributed by atoms with van der Waals surface area (Å²) >= 11 is 0. The van der Waals surface area contributed by atoms with Gasteiger partial charge < -0.3 is 4.74 Å². The van der Waals surface area contributed by atoms with Crippen LogP contribution < -0.4 is 4.74 Å². The van der Waals surface area contributed by atoms with Gasteiger partial charge in [0.1, 0.15) is 17.3 Å². The zero-order chi connectivity index (χ0) is 17.1. The average Bonchev–Trinajstić information content (AvgIpc) is 2.61. The number of nitrogens with zero attached hydrogens (tertiary/aromatic N) is 1. The summed E-state index contributed by atoms with van der Waals surface area (Å²) in [5, 5.41) is 0. The van der Waals surface area contributed by atoms with Crippen LogP contribution in [-0.2, 0) is 0 Å². The molecule has 0 amide bonds. The molecule has 1 saturated carbocycles. The van der Waals surface area contributed by atoms with E-state index in [9.17, 15) is 4.39 Å². The fourth-order valence-corrected chi connectivity index (χ4v) is 3.83. The van der Waals surface area contributed by atoms with Crippen molar-refractivity contribution in [1.29, 1.82) is 0 Å². The zero-order valence-corrected chi connectivity index (χ0v) is 14.5. The van der Waals surface area contributed by atoms with E-state index in [0.717, 1.165) is 17.7 Å². The van der Waals surface area contributed by atoms with Crippen LogP contribution in [0.3, 0.4) is 0 Å². The van der Waals surface area contributed by atoms with E-state index < -0.39 is 0 Å². The molecular formula is C22H24FNO. The lowest BCUT2D eigenvalue weighted by Crippen LogP contribution is -2.47. The van der Waals surface area contributed by atoms with E-state index in [2.05, 4.69) is 17.0 Å². The minimum Gasteiger partial charge on any atom is -0.457 e. The number of ether oxygens (including phenoxy) is 1. The van der Waals surface area contributed by atoms with Crippen LogP contribution in [0.1, 0.15) is 37.7 Å². The lowest BCUT2D eigenvalue weighted by Gasteiger charge is -2.42. The van der Waals surface area contributed by atoms with Gasteiger partial charge >= 0.3 is 0 Å². The molecule has 130 valence electrons. The van der Waals surface area contributed by atoms with Crippen molar-refractivity contribution in [1.82, 2.24) is 4.90 Å². The summed E-state index contributed by atoms with van der Waals surface area (Å²) < 4.78 is 19.6. The summed E-state index contributed by atoms with van der Waals surface area (Å²) in [6, 6.07) is 17.1. The van der Waals surface area contributed by atoms with Crippen LogP contribution >= 0.6 is 0 Å². The number of halogens is 1. The molecule has 0 N–H and O–H groups in total. The van der Waals surface area contributed by atoms with Crippen LogP contribution in [0.15, 0.2) is 60.2 Å². The first-order valence-corrected chi connectivity index (χ1v) is 9.27. The Morgan fingerprint density at radius 2 is 1.68 bits per heavy atom. The number of hydrogen-bond acceptors (Lipinski definition) is 2. The maximum Gasteiger partial charge on any atom is 0.135 e. The van der Waals surface area contributed by atoms with Gasteiger partial charge in [0.25, 0.3) is 0 Å². The molecule has 0 aromatic heterocycles. The molecule has 1 saturated heterocycles. The molecule has 1 heterocycles. The minimum absolute atomic E-state index is 0.239. The lowest BCUT2D eigenvalue weighted by molar-refractivity contribution is 0.120. The fraction of sp³-hybridized carbons (Fsp3) is 0.364. The number of hydrogen-bond donors (Lipinski definition) is 0. The second-order valence-corrected chi connectivity index (χ2v) is 6.93. The second-order valence-electron chi connectivity index (χ2n) is 6.93. The molecule has 4 rings (SSSR count). The lowest BCUT2D eigenvalue weighted by atomic mass is 9.85. The SMILES string of the molecule is Fc1ccc(O/C(=C2\CCCCC2N2CCC2)c2ccccc2)cc1. The maximum absolute atomic E-state index is 13.2. The Labute approximate surface area is 148 Å². The Kier molecular flexibility index (Phi) is 4.84. The average molecular weight is 337 g/mol. The predicted octanol–water partition coefficient (Wildman–Crippen LogP) is 5.26. The Bertz CT molecular complexity index is 734. The highest BCUT2D eigenvalue weighted by molar-refractivity contribution is 5.66. The highest BCUT2D eigenvalue weighted by Gasteiger charge is 2.31. The quantitative estimate of drug-likeness (QED) is 0.705. The van der Waals surface area contributed by atoms with Crippen LogP contribution in [0.2, 0.25) is 0 Å². The van der Waals surface area contributed by atoms with E-state index >= 15 is 0 Å². The van der Waals surface area contributed by atoms with Crippen LogP contribution in [0.4, 0.5) is 4.39 Å². The molecule has 1 atom stereocenters. The summed E-state index contributed by atoms with van der Waals surface area (Å²) in [6.07, 6.45) is 6.07. The van der Waals surface area contributed by atoms with Crippen LogP contribution in [-0.4, -0.2) is 24.0 Å². The highest BCUT2D eigenvalue weighted by atomic mass is 19.1. The van der Waals surface area contributed by atoms with Crippen molar-refractivity contribution < 1.29 is 9.13 Å². The third-order valence-electron chi connectivity index (χ3n) is 5.27. The van der Waals surface area contributed by atoms with Crippen molar-refractivity contribution in [2.24, 2.45) is 0 Å². The summed E-state index contributed by atoms with van der Waals surface area (Å²) in [7, 11) is 0. The van der Waals surface area contributed by atoms with Gasteiger partial charge in [0.15, 0.2) is 0 Å². The Morgan fingerprint density at radius 1 is 0.920 bits per heavy atom.